The molecule has 1 aromatic heterocycles. The van der Waals surface area contributed by atoms with Crippen LogP contribution in [0, 0.1) is 0 Å². The number of carbonyl (C=O) groups excluding carboxylic acids is 1. The molecular weight excluding hydrogens is 300 g/mol. The molecule has 1 aromatic rings. The molecule has 2 heterocycles. The number of halogens is 1. The van der Waals surface area contributed by atoms with Crippen molar-refractivity contribution in [1.82, 2.24) is 4.90 Å². The molecule has 0 saturated carbocycles. The first-order valence-electron chi connectivity index (χ1n) is 5.72. The van der Waals surface area contributed by atoms with Gasteiger partial charge in [0.25, 0.3) is 5.91 Å². The third kappa shape index (κ3) is 2.72. The van der Waals surface area contributed by atoms with Crippen LogP contribution in [0.3, 0.4) is 0 Å². The van der Waals surface area contributed by atoms with Crippen LogP contribution in [0.5, 0.6) is 0 Å². The van der Waals surface area contributed by atoms with Gasteiger partial charge in [0.15, 0.2) is 0 Å². The summed E-state index contributed by atoms with van der Waals surface area (Å²) in [5.41, 5.74) is 5.83. The van der Waals surface area contributed by atoms with Gasteiger partial charge in [-0.1, -0.05) is 0 Å². The summed E-state index contributed by atoms with van der Waals surface area (Å²) >= 11 is 4.87. The Morgan fingerprint density at radius 3 is 2.88 bits per heavy atom. The first-order valence-corrected chi connectivity index (χ1v) is 7.39. The van der Waals surface area contributed by atoms with Crippen LogP contribution in [-0.2, 0) is 0 Å². The summed E-state index contributed by atoms with van der Waals surface area (Å²) in [7, 11) is 0. The summed E-state index contributed by atoms with van der Waals surface area (Å²) in [6.07, 6.45) is 1.76. The lowest BCUT2D eigenvalue weighted by Gasteiger charge is -2.44. The Hall–Kier alpha value is -0.390. The number of amides is 1. The highest BCUT2D eigenvalue weighted by molar-refractivity contribution is 9.10. The van der Waals surface area contributed by atoms with Gasteiger partial charge in [0, 0.05) is 28.0 Å². The average Bonchev–Trinajstić information content (AvgIpc) is 2.62. The highest BCUT2D eigenvalue weighted by Crippen LogP contribution is 2.30. The summed E-state index contributed by atoms with van der Waals surface area (Å²) in [6, 6.07) is 2.10. The summed E-state index contributed by atoms with van der Waals surface area (Å²) in [4.78, 5) is 15.2. The second-order valence-electron chi connectivity index (χ2n) is 5.15. The first kappa shape index (κ1) is 13.1. The molecule has 0 radical (unpaired) electrons. The van der Waals surface area contributed by atoms with Crippen molar-refractivity contribution in [2.45, 2.75) is 38.3 Å². The van der Waals surface area contributed by atoms with Gasteiger partial charge in [-0.3, -0.25) is 4.79 Å². The molecule has 0 aliphatic carbocycles. The molecule has 1 unspecified atom stereocenters. The van der Waals surface area contributed by atoms with Crippen molar-refractivity contribution in [1.29, 1.82) is 0 Å². The SMILES string of the molecule is CC1(C)CC(N)CCN1C(=O)c1cc(Br)cs1. The molecule has 17 heavy (non-hydrogen) atoms. The van der Waals surface area contributed by atoms with E-state index in [0.29, 0.717) is 0 Å². The Kier molecular flexibility index (Phi) is 3.61. The summed E-state index contributed by atoms with van der Waals surface area (Å²) in [5, 5.41) is 1.94. The van der Waals surface area contributed by atoms with E-state index in [0.717, 1.165) is 28.7 Å². The molecule has 1 atom stereocenters. The van der Waals surface area contributed by atoms with Crippen LogP contribution in [0.1, 0.15) is 36.4 Å². The fraction of sp³-hybridized carbons (Fsp3) is 0.583. The van der Waals surface area contributed by atoms with Gasteiger partial charge >= 0.3 is 0 Å². The van der Waals surface area contributed by atoms with E-state index < -0.39 is 0 Å². The van der Waals surface area contributed by atoms with Crippen molar-refractivity contribution in [3.05, 3.63) is 20.8 Å². The largest absolute Gasteiger partial charge is 0.333 e. The molecule has 0 spiro atoms. The average molecular weight is 317 g/mol. The quantitative estimate of drug-likeness (QED) is 0.866. The molecule has 1 amide bonds. The molecule has 3 nitrogen and oxygen atoms in total. The van der Waals surface area contributed by atoms with E-state index in [9.17, 15) is 4.79 Å². The zero-order valence-corrected chi connectivity index (χ0v) is 12.5. The number of rotatable bonds is 1. The highest BCUT2D eigenvalue weighted by Gasteiger charge is 2.37. The minimum Gasteiger partial charge on any atom is -0.333 e. The smallest absolute Gasteiger partial charge is 0.264 e. The lowest BCUT2D eigenvalue weighted by molar-refractivity contribution is 0.0405. The number of nitrogens with zero attached hydrogens (tertiary/aromatic N) is 1. The Balaban J connectivity index is 2.19. The molecule has 5 heteroatoms. The van der Waals surface area contributed by atoms with E-state index in [-0.39, 0.29) is 17.5 Å². The zero-order chi connectivity index (χ0) is 12.6. The monoisotopic (exact) mass is 316 g/mol. The normalized spacial score (nSPS) is 23.8. The molecule has 94 valence electrons. The van der Waals surface area contributed by atoms with Crippen LogP contribution >= 0.6 is 27.3 Å². The van der Waals surface area contributed by atoms with E-state index in [1.807, 2.05) is 16.3 Å². The molecule has 1 aliphatic heterocycles. The molecule has 1 aliphatic rings. The van der Waals surface area contributed by atoms with Crippen LogP contribution in [0.4, 0.5) is 0 Å². The first-order chi connectivity index (χ1) is 7.90. The van der Waals surface area contributed by atoms with Crippen LogP contribution in [0.2, 0.25) is 0 Å². The Bertz CT molecular complexity index is 430. The van der Waals surface area contributed by atoms with Gasteiger partial charge in [-0.2, -0.15) is 0 Å². The van der Waals surface area contributed by atoms with Crippen LogP contribution in [0.15, 0.2) is 15.9 Å². The minimum absolute atomic E-state index is 0.123. The third-order valence-corrected chi connectivity index (χ3v) is 4.92. The maximum atomic E-state index is 12.4. The van der Waals surface area contributed by atoms with Gasteiger partial charge in [-0.25, -0.2) is 0 Å². The standard InChI is InChI=1S/C12H17BrN2OS/c1-12(2)6-9(14)3-4-15(12)11(16)10-5-8(13)7-17-10/h5,7,9H,3-4,6,14H2,1-2H3. The van der Waals surface area contributed by atoms with E-state index in [1.165, 1.54) is 11.3 Å². The molecule has 0 aromatic carbocycles. The number of piperidine rings is 1. The maximum absolute atomic E-state index is 12.4. The summed E-state index contributed by atoms with van der Waals surface area (Å²) in [6.45, 7) is 4.93. The number of hydrogen-bond acceptors (Lipinski definition) is 3. The number of carbonyl (C=O) groups is 1. The molecule has 2 rings (SSSR count). The van der Waals surface area contributed by atoms with Crippen molar-refractivity contribution in [3.63, 3.8) is 0 Å². The number of hydrogen-bond donors (Lipinski definition) is 1. The second-order valence-corrected chi connectivity index (χ2v) is 6.98. The van der Waals surface area contributed by atoms with Crippen molar-refractivity contribution in [3.8, 4) is 0 Å². The lowest BCUT2D eigenvalue weighted by atomic mass is 9.87. The van der Waals surface area contributed by atoms with Crippen molar-refractivity contribution in [2.75, 3.05) is 6.54 Å². The van der Waals surface area contributed by atoms with Crippen molar-refractivity contribution in [2.24, 2.45) is 5.73 Å². The lowest BCUT2D eigenvalue weighted by Crippen LogP contribution is -2.55. The van der Waals surface area contributed by atoms with Crippen LogP contribution in [-0.4, -0.2) is 28.9 Å². The van der Waals surface area contributed by atoms with Gasteiger partial charge in [0.05, 0.1) is 4.88 Å². The zero-order valence-electron chi connectivity index (χ0n) is 10.1. The summed E-state index contributed by atoms with van der Waals surface area (Å²) in [5.74, 6) is 0.123. The molecule has 0 bridgehead atoms. The van der Waals surface area contributed by atoms with Gasteiger partial charge < -0.3 is 10.6 Å². The van der Waals surface area contributed by atoms with E-state index in [1.54, 1.807) is 0 Å². The topological polar surface area (TPSA) is 46.3 Å². The fourth-order valence-corrected chi connectivity index (χ4v) is 3.76. The van der Waals surface area contributed by atoms with Crippen LogP contribution < -0.4 is 5.73 Å². The Morgan fingerprint density at radius 1 is 1.65 bits per heavy atom. The Morgan fingerprint density at radius 2 is 2.35 bits per heavy atom. The van der Waals surface area contributed by atoms with Gasteiger partial charge in [-0.15, -0.1) is 11.3 Å². The number of nitrogens with two attached hydrogens (primary N) is 1. The predicted molar refractivity (Wildman–Crippen MR) is 74.3 cm³/mol. The number of thiophene rings is 1. The van der Waals surface area contributed by atoms with Crippen molar-refractivity contribution >= 4 is 33.2 Å². The molecule has 1 saturated heterocycles. The van der Waals surface area contributed by atoms with E-state index in [4.69, 9.17) is 5.73 Å². The third-order valence-electron chi connectivity index (χ3n) is 3.24. The van der Waals surface area contributed by atoms with E-state index in [2.05, 4.69) is 29.8 Å². The van der Waals surface area contributed by atoms with Gasteiger partial charge in [0.2, 0.25) is 0 Å². The number of likely N-dealkylation sites (tertiary alicyclic amines) is 1. The molecular formula is C12H17BrN2OS. The van der Waals surface area contributed by atoms with Gasteiger partial charge in [0.1, 0.15) is 0 Å². The maximum Gasteiger partial charge on any atom is 0.264 e. The molecule has 2 N–H and O–H groups in total. The molecule has 1 fully saturated rings. The Labute approximate surface area is 114 Å². The fourth-order valence-electron chi connectivity index (χ4n) is 2.39. The minimum atomic E-state index is -0.148. The van der Waals surface area contributed by atoms with Gasteiger partial charge in [-0.05, 0) is 48.7 Å². The second kappa shape index (κ2) is 4.71. The summed E-state index contributed by atoms with van der Waals surface area (Å²) < 4.78 is 0.970. The highest BCUT2D eigenvalue weighted by atomic mass is 79.9. The van der Waals surface area contributed by atoms with E-state index >= 15 is 0 Å². The van der Waals surface area contributed by atoms with Crippen LogP contribution in [0.25, 0.3) is 0 Å². The van der Waals surface area contributed by atoms with Crippen molar-refractivity contribution < 1.29 is 4.79 Å². The predicted octanol–water partition coefficient (Wildman–Crippen LogP) is 2.85.